The highest BCUT2D eigenvalue weighted by atomic mass is 35.5. The van der Waals surface area contributed by atoms with Crippen LogP contribution >= 0.6 is 23.8 Å². The molecule has 142 valence electrons. The van der Waals surface area contributed by atoms with E-state index in [1.807, 2.05) is 30.3 Å². The van der Waals surface area contributed by atoms with Crippen molar-refractivity contribution < 1.29 is 14.6 Å². The van der Waals surface area contributed by atoms with Crippen molar-refractivity contribution in [1.82, 2.24) is 5.32 Å². The first-order valence-electron chi connectivity index (χ1n) is 8.39. The fraction of sp³-hybridized carbons (Fsp3) is 0.0476. The van der Waals surface area contributed by atoms with Crippen LogP contribution in [0.4, 0.5) is 5.69 Å². The summed E-state index contributed by atoms with van der Waals surface area (Å²) >= 11 is 11.0. The monoisotopic (exact) mass is 412 g/mol. The van der Waals surface area contributed by atoms with Gasteiger partial charge in [0.1, 0.15) is 18.1 Å². The fourth-order valence-electron chi connectivity index (χ4n) is 2.41. The molecular formula is C21H17ClN2O3S. The van der Waals surface area contributed by atoms with Gasteiger partial charge in [-0.3, -0.25) is 10.1 Å². The van der Waals surface area contributed by atoms with Crippen LogP contribution in [0.2, 0.25) is 5.02 Å². The molecule has 0 bridgehead atoms. The molecule has 0 spiro atoms. The van der Waals surface area contributed by atoms with Crippen LogP contribution in [0.1, 0.15) is 15.9 Å². The van der Waals surface area contributed by atoms with Crippen molar-refractivity contribution in [3.8, 4) is 11.5 Å². The topological polar surface area (TPSA) is 70.6 Å². The molecule has 3 aromatic rings. The summed E-state index contributed by atoms with van der Waals surface area (Å²) in [5.74, 6) is 0.143. The summed E-state index contributed by atoms with van der Waals surface area (Å²) in [5.41, 5.74) is 1.73. The number of thiocarbonyl (C=S) groups is 1. The molecule has 28 heavy (non-hydrogen) atoms. The Bertz CT molecular complexity index is 996. The Labute approximate surface area is 172 Å². The number of halogens is 1. The van der Waals surface area contributed by atoms with Crippen LogP contribution in [0.3, 0.4) is 0 Å². The number of benzene rings is 3. The second-order valence-corrected chi connectivity index (χ2v) is 6.72. The molecule has 0 fully saturated rings. The van der Waals surface area contributed by atoms with Crippen molar-refractivity contribution in [2.24, 2.45) is 0 Å². The first-order valence-corrected chi connectivity index (χ1v) is 9.17. The number of rotatable bonds is 5. The molecule has 1 amide bonds. The van der Waals surface area contributed by atoms with E-state index < -0.39 is 5.91 Å². The third kappa shape index (κ3) is 5.45. The van der Waals surface area contributed by atoms with E-state index >= 15 is 0 Å². The Morgan fingerprint density at radius 1 is 1.04 bits per heavy atom. The number of nitrogens with one attached hydrogen (secondary N) is 2. The molecular weight excluding hydrogens is 396 g/mol. The van der Waals surface area contributed by atoms with Crippen molar-refractivity contribution in [2.45, 2.75) is 6.61 Å². The second-order valence-electron chi connectivity index (χ2n) is 5.87. The standard InChI is InChI=1S/C21H17ClN2O3S/c22-16-9-10-19(25)18(12-16)23-21(28)24-20(26)15-7-4-8-17(11-15)27-13-14-5-2-1-3-6-14/h1-12,25H,13H2,(H2,23,24,26,28). The van der Waals surface area contributed by atoms with Gasteiger partial charge in [0.25, 0.3) is 5.91 Å². The highest BCUT2D eigenvalue weighted by Gasteiger charge is 2.11. The van der Waals surface area contributed by atoms with E-state index in [-0.39, 0.29) is 10.9 Å². The van der Waals surface area contributed by atoms with E-state index in [4.69, 9.17) is 28.6 Å². The van der Waals surface area contributed by atoms with Gasteiger partial charge in [0.2, 0.25) is 0 Å². The molecule has 0 aromatic heterocycles. The van der Waals surface area contributed by atoms with E-state index in [1.165, 1.54) is 12.1 Å². The van der Waals surface area contributed by atoms with Crippen LogP contribution < -0.4 is 15.4 Å². The van der Waals surface area contributed by atoms with Gasteiger partial charge in [-0.15, -0.1) is 0 Å². The van der Waals surface area contributed by atoms with Crippen LogP contribution in [0.25, 0.3) is 0 Å². The third-order valence-electron chi connectivity index (χ3n) is 3.78. The third-order valence-corrected chi connectivity index (χ3v) is 4.22. The van der Waals surface area contributed by atoms with Crippen molar-refractivity contribution in [2.75, 3.05) is 5.32 Å². The van der Waals surface area contributed by atoms with Crippen molar-refractivity contribution in [3.05, 3.63) is 88.9 Å². The molecule has 0 saturated heterocycles. The van der Waals surface area contributed by atoms with Gasteiger partial charge in [-0.2, -0.15) is 0 Å². The highest BCUT2D eigenvalue weighted by Crippen LogP contribution is 2.26. The summed E-state index contributed by atoms with van der Waals surface area (Å²) in [6.07, 6.45) is 0. The summed E-state index contributed by atoms with van der Waals surface area (Å²) < 4.78 is 5.74. The molecule has 7 heteroatoms. The average Bonchev–Trinajstić information content (AvgIpc) is 2.70. The number of amides is 1. The molecule has 0 unspecified atom stereocenters. The SMILES string of the molecule is O=C(NC(=S)Nc1cc(Cl)ccc1O)c1cccc(OCc2ccccc2)c1. The quantitative estimate of drug-likeness (QED) is 0.416. The van der Waals surface area contributed by atoms with E-state index in [0.29, 0.717) is 28.6 Å². The zero-order chi connectivity index (χ0) is 19.9. The first-order chi connectivity index (χ1) is 13.5. The van der Waals surface area contributed by atoms with Gasteiger partial charge in [0.15, 0.2) is 5.11 Å². The van der Waals surface area contributed by atoms with Crippen molar-refractivity contribution in [3.63, 3.8) is 0 Å². The summed E-state index contributed by atoms with van der Waals surface area (Å²) in [5, 5.41) is 15.6. The number of aromatic hydroxyl groups is 1. The molecule has 0 aliphatic carbocycles. The molecule has 0 atom stereocenters. The van der Waals surface area contributed by atoms with Gasteiger partial charge < -0.3 is 15.2 Å². The molecule has 3 aromatic carbocycles. The Morgan fingerprint density at radius 2 is 1.82 bits per heavy atom. The summed E-state index contributed by atoms with van der Waals surface area (Å²) in [7, 11) is 0. The maximum absolute atomic E-state index is 12.4. The van der Waals surface area contributed by atoms with Crippen LogP contribution in [0.5, 0.6) is 11.5 Å². The maximum atomic E-state index is 12.4. The minimum atomic E-state index is -0.399. The lowest BCUT2D eigenvalue weighted by Gasteiger charge is -2.12. The summed E-state index contributed by atoms with van der Waals surface area (Å²) in [6.45, 7) is 0.403. The normalized spacial score (nSPS) is 10.2. The van der Waals surface area contributed by atoms with Gasteiger partial charge in [-0.1, -0.05) is 48.0 Å². The van der Waals surface area contributed by atoms with Crippen molar-refractivity contribution in [1.29, 1.82) is 0 Å². The van der Waals surface area contributed by atoms with Gasteiger partial charge in [-0.25, -0.2) is 0 Å². The van der Waals surface area contributed by atoms with Crippen LogP contribution in [0, 0.1) is 0 Å². The zero-order valence-corrected chi connectivity index (χ0v) is 16.3. The Kier molecular flexibility index (Phi) is 6.47. The molecule has 0 aliphatic heterocycles. The minimum Gasteiger partial charge on any atom is -0.506 e. The fourth-order valence-corrected chi connectivity index (χ4v) is 2.78. The van der Waals surface area contributed by atoms with Crippen LogP contribution in [0.15, 0.2) is 72.8 Å². The van der Waals surface area contributed by atoms with E-state index in [1.54, 1.807) is 30.3 Å². The molecule has 0 heterocycles. The first kappa shape index (κ1) is 19.7. The number of phenols is 1. The molecule has 0 aliphatic rings. The van der Waals surface area contributed by atoms with Gasteiger partial charge in [-0.05, 0) is 54.2 Å². The second kappa shape index (κ2) is 9.21. The Hall–Kier alpha value is -3.09. The predicted octanol–water partition coefficient (Wildman–Crippen LogP) is 4.75. The Balaban J connectivity index is 1.60. The number of phenolic OH excluding ortho intramolecular Hbond substituents is 1. The largest absolute Gasteiger partial charge is 0.506 e. The molecule has 5 nitrogen and oxygen atoms in total. The van der Waals surface area contributed by atoms with Crippen LogP contribution in [-0.4, -0.2) is 16.1 Å². The summed E-state index contributed by atoms with van der Waals surface area (Å²) in [6, 6.07) is 21.0. The highest BCUT2D eigenvalue weighted by molar-refractivity contribution is 7.80. The van der Waals surface area contributed by atoms with Gasteiger partial charge in [0.05, 0.1) is 5.69 Å². The molecule has 0 saturated carbocycles. The number of hydrogen-bond acceptors (Lipinski definition) is 4. The zero-order valence-electron chi connectivity index (χ0n) is 14.7. The summed E-state index contributed by atoms with van der Waals surface area (Å²) in [4.78, 5) is 12.4. The van der Waals surface area contributed by atoms with E-state index in [9.17, 15) is 9.90 Å². The lowest BCUT2D eigenvalue weighted by Crippen LogP contribution is -2.34. The average molecular weight is 413 g/mol. The Morgan fingerprint density at radius 3 is 2.61 bits per heavy atom. The van der Waals surface area contributed by atoms with Gasteiger partial charge >= 0.3 is 0 Å². The number of carbonyl (C=O) groups excluding carboxylic acids is 1. The minimum absolute atomic E-state index is 0.0303. The van der Waals surface area contributed by atoms with E-state index in [0.717, 1.165) is 5.56 Å². The molecule has 3 N–H and O–H groups in total. The lowest BCUT2D eigenvalue weighted by molar-refractivity contribution is 0.0977. The van der Waals surface area contributed by atoms with E-state index in [2.05, 4.69) is 10.6 Å². The predicted molar refractivity (Wildman–Crippen MR) is 114 cm³/mol. The molecule has 0 radical (unpaired) electrons. The van der Waals surface area contributed by atoms with Crippen molar-refractivity contribution >= 4 is 40.5 Å². The number of anilines is 1. The number of ether oxygens (including phenoxy) is 1. The van der Waals surface area contributed by atoms with Crippen LogP contribution in [-0.2, 0) is 6.61 Å². The molecule has 3 rings (SSSR count). The lowest BCUT2D eigenvalue weighted by atomic mass is 10.2. The maximum Gasteiger partial charge on any atom is 0.257 e. The number of carbonyl (C=O) groups is 1. The number of hydrogen-bond donors (Lipinski definition) is 3. The smallest absolute Gasteiger partial charge is 0.257 e. The van der Waals surface area contributed by atoms with Gasteiger partial charge in [0, 0.05) is 10.6 Å².